The zero-order chi connectivity index (χ0) is 14.4. The van der Waals surface area contributed by atoms with Crippen molar-refractivity contribution in [2.45, 2.75) is 19.4 Å². The van der Waals surface area contributed by atoms with Gasteiger partial charge in [0.1, 0.15) is 0 Å². The van der Waals surface area contributed by atoms with Crippen LogP contribution in [-0.2, 0) is 11.3 Å². The normalized spacial score (nSPS) is 16.4. The summed E-state index contributed by atoms with van der Waals surface area (Å²) in [5, 5.41) is 0.768. The molecule has 110 valence electrons. The van der Waals surface area contributed by atoms with Crippen molar-refractivity contribution in [1.82, 2.24) is 9.80 Å². The largest absolute Gasteiger partial charge is 0.340 e. The highest BCUT2D eigenvalue weighted by Gasteiger charge is 2.20. The summed E-state index contributed by atoms with van der Waals surface area (Å²) in [5.74, 6) is 0.238. The van der Waals surface area contributed by atoms with Crippen molar-refractivity contribution < 1.29 is 4.79 Å². The molecular formula is C15H22ClN3O. The summed E-state index contributed by atoms with van der Waals surface area (Å²) in [4.78, 5) is 16.2. The molecule has 1 aliphatic rings. The van der Waals surface area contributed by atoms with Crippen molar-refractivity contribution in [3.8, 4) is 0 Å². The number of halogens is 1. The minimum Gasteiger partial charge on any atom is -0.340 e. The van der Waals surface area contributed by atoms with Crippen LogP contribution < -0.4 is 5.73 Å². The van der Waals surface area contributed by atoms with Crippen molar-refractivity contribution in [3.63, 3.8) is 0 Å². The number of carbonyl (C=O) groups is 1. The first-order valence-corrected chi connectivity index (χ1v) is 7.51. The van der Waals surface area contributed by atoms with Gasteiger partial charge in [0, 0.05) is 44.2 Å². The van der Waals surface area contributed by atoms with Crippen LogP contribution in [0.5, 0.6) is 0 Å². The lowest BCUT2D eigenvalue weighted by Gasteiger charge is -2.34. The number of piperazine rings is 1. The fourth-order valence-corrected chi connectivity index (χ4v) is 2.54. The summed E-state index contributed by atoms with van der Waals surface area (Å²) in [6, 6.07) is 7.95. The minimum atomic E-state index is 0.238. The second-order valence-electron chi connectivity index (χ2n) is 5.18. The van der Waals surface area contributed by atoms with E-state index in [1.54, 1.807) is 0 Å². The third-order valence-electron chi connectivity index (χ3n) is 3.64. The maximum atomic E-state index is 11.9. The quantitative estimate of drug-likeness (QED) is 0.900. The number of nitrogens with two attached hydrogens (primary N) is 1. The van der Waals surface area contributed by atoms with Gasteiger partial charge < -0.3 is 10.6 Å². The molecule has 1 aromatic carbocycles. The van der Waals surface area contributed by atoms with E-state index >= 15 is 0 Å². The summed E-state index contributed by atoms with van der Waals surface area (Å²) >= 11 is 5.88. The maximum Gasteiger partial charge on any atom is 0.222 e. The van der Waals surface area contributed by atoms with Gasteiger partial charge in [0.15, 0.2) is 0 Å². The van der Waals surface area contributed by atoms with Gasteiger partial charge in [-0.05, 0) is 30.7 Å². The van der Waals surface area contributed by atoms with Crippen molar-refractivity contribution in [2.75, 3.05) is 32.7 Å². The van der Waals surface area contributed by atoms with E-state index in [9.17, 15) is 4.79 Å². The van der Waals surface area contributed by atoms with Crippen LogP contribution in [0, 0.1) is 0 Å². The van der Waals surface area contributed by atoms with E-state index < -0.39 is 0 Å². The highest BCUT2D eigenvalue weighted by Crippen LogP contribution is 2.13. The summed E-state index contributed by atoms with van der Waals surface area (Å²) in [6.07, 6.45) is 1.36. The molecule has 1 aliphatic heterocycles. The van der Waals surface area contributed by atoms with Crippen LogP contribution in [-0.4, -0.2) is 48.4 Å². The van der Waals surface area contributed by atoms with Crippen molar-refractivity contribution in [3.05, 3.63) is 34.9 Å². The highest BCUT2D eigenvalue weighted by atomic mass is 35.5. The molecule has 2 rings (SSSR count). The molecule has 0 radical (unpaired) electrons. The fraction of sp³-hybridized carbons (Fsp3) is 0.533. The molecule has 20 heavy (non-hydrogen) atoms. The van der Waals surface area contributed by atoms with Crippen LogP contribution >= 0.6 is 11.6 Å². The number of benzene rings is 1. The monoisotopic (exact) mass is 295 g/mol. The Morgan fingerprint density at radius 3 is 2.40 bits per heavy atom. The lowest BCUT2D eigenvalue weighted by molar-refractivity contribution is -0.133. The minimum absolute atomic E-state index is 0.238. The predicted molar refractivity (Wildman–Crippen MR) is 81.6 cm³/mol. The molecule has 0 bridgehead atoms. The standard InChI is InChI=1S/C15H22ClN3O/c16-14-5-3-13(4-6-14)12-18-8-10-19(11-9-18)15(20)2-1-7-17/h3-6H,1-2,7-12,17H2. The average molecular weight is 296 g/mol. The zero-order valence-corrected chi connectivity index (χ0v) is 12.5. The Bertz CT molecular complexity index is 427. The molecule has 2 N–H and O–H groups in total. The molecule has 1 saturated heterocycles. The van der Waals surface area contributed by atoms with E-state index in [2.05, 4.69) is 17.0 Å². The van der Waals surface area contributed by atoms with Crippen LogP contribution in [0.25, 0.3) is 0 Å². The number of hydrogen-bond donors (Lipinski definition) is 1. The Balaban J connectivity index is 1.76. The van der Waals surface area contributed by atoms with E-state index in [1.807, 2.05) is 17.0 Å². The first-order chi connectivity index (χ1) is 9.69. The molecule has 5 heteroatoms. The highest BCUT2D eigenvalue weighted by molar-refractivity contribution is 6.30. The topological polar surface area (TPSA) is 49.6 Å². The second-order valence-corrected chi connectivity index (χ2v) is 5.61. The van der Waals surface area contributed by atoms with Gasteiger partial charge in [0.25, 0.3) is 0 Å². The Morgan fingerprint density at radius 2 is 1.80 bits per heavy atom. The Labute approximate surface area is 125 Å². The van der Waals surface area contributed by atoms with E-state index in [4.69, 9.17) is 17.3 Å². The van der Waals surface area contributed by atoms with Gasteiger partial charge in [-0.15, -0.1) is 0 Å². The van der Waals surface area contributed by atoms with Gasteiger partial charge in [-0.25, -0.2) is 0 Å². The molecule has 0 aliphatic carbocycles. The molecule has 4 nitrogen and oxygen atoms in total. The molecule has 0 spiro atoms. The summed E-state index contributed by atoms with van der Waals surface area (Å²) in [6.45, 7) is 4.99. The molecule has 1 heterocycles. The Kier molecular flexibility index (Phi) is 5.83. The van der Waals surface area contributed by atoms with Gasteiger partial charge in [-0.3, -0.25) is 9.69 Å². The fourth-order valence-electron chi connectivity index (χ4n) is 2.41. The molecule has 0 saturated carbocycles. The number of amides is 1. The predicted octanol–water partition coefficient (Wildman–Crippen LogP) is 1.72. The second kappa shape index (κ2) is 7.62. The van der Waals surface area contributed by atoms with Crippen LogP contribution in [0.1, 0.15) is 18.4 Å². The van der Waals surface area contributed by atoms with Crippen LogP contribution in [0.15, 0.2) is 24.3 Å². The number of rotatable bonds is 5. The number of carbonyl (C=O) groups excluding carboxylic acids is 1. The van der Waals surface area contributed by atoms with Gasteiger partial charge in [-0.2, -0.15) is 0 Å². The molecule has 0 aromatic heterocycles. The van der Waals surface area contributed by atoms with Crippen LogP contribution in [0.2, 0.25) is 5.02 Å². The molecule has 1 fully saturated rings. The Hall–Kier alpha value is -1.10. The van der Waals surface area contributed by atoms with E-state index in [1.165, 1.54) is 5.56 Å². The first kappa shape index (κ1) is 15.3. The molecular weight excluding hydrogens is 274 g/mol. The molecule has 1 amide bonds. The maximum absolute atomic E-state index is 11.9. The summed E-state index contributed by atoms with van der Waals surface area (Å²) < 4.78 is 0. The first-order valence-electron chi connectivity index (χ1n) is 7.13. The zero-order valence-electron chi connectivity index (χ0n) is 11.7. The van der Waals surface area contributed by atoms with E-state index in [-0.39, 0.29) is 5.91 Å². The van der Waals surface area contributed by atoms with Crippen LogP contribution in [0.3, 0.4) is 0 Å². The molecule has 0 atom stereocenters. The number of nitrogens with zero attached hydrogens (tertiary/aromatic N) is 2. The summed E-state index contributed by atoms with van der Waals surface area (Å²) in [5.41, 5.74) is 6.70. The van der Waals surface area contributed by atoms with Gasteiger partial charge in [0.05, 0.1) is 0 Å². The van der Waals surface area contributed by atoms with Gasteiger partial charge in [0.2, 0.25) is 5.91 Å². The number of hydrogen-bond acceptors (Lipinski definition) is 3. The average Bonchev–Trinajstić information content (AvgIpc) is 2.48. The van der Waals surface area contributed by atoms with Crippen LogP contribution in [0.4, 0.5) is 0 Å². The summed E-state index contributed by atoms with van der Waals surface area (Å²) in [7, 11) is 0. The van der Waals surface area contributed by atoms with Gasteiger partial charge in [-0.1, -0.05) is 23.7 Å². The third-order valence-corrected chi connectivity index (χ3v) is 3.89. The van der Waals surface area contributed by atoms with Crippen molar-refractivity contribution in [1.29, 1.82) is 0 Å². The third kappa shape index (κ3) is 4.47. The smallest absolute Gasteiger partial charge is 0.222 e. The SMILES string of the molecule is NCCCC(=O)N1CCN(Cc2ccc(Cl)cc2)CC1. The Morgan fingerprint density at radius 1 is 1.15 bits per heavy atom. The lowest BCUT2D eigenvalue weighted by Crippen LogP contribution is -2.48. The molecule has 1 aromatic rings. The van der Waals surface area contributed by atoms with Crippen molar-refractivity contribution >= 4 is 17.5 Å². The lowest BCUT2D eigenvalue weighted by atomic mass is 10.2. The molecule has 0 unspecified atom stereocenters. The van der Waals surface area contributed by atoms with Crippen molar-refractivity contribution in [2.24, 2.45) is 5.73 Å². The van der Waals surface area contributed by atoms with E-state index in [0.29, 0.717) is 13.0 Å². The van der Waals surface area contributed by atoms with E-state index in [0.717, 1.165) is 44.2 Å². The van der Waals surface area contributed by atoms with Gasteiger partial charge >= 0.3 is 0 Å².